The molecule has 1 rings (SSSR count). The molecule has 1 aromatic heterocycles. The Morgan fingerprint density at radius 1 is 1.41 bits per heavy atom. The van der Waals surface area contributed by atoms with E-state index in [1.54, 1.807) is 6.92 Å². The van der Waals surface area contributed by atoms with E-state index in [1.807, 2.05) is 20.8 Å². The Kier molecular flexibility index (Phi) is 3.66. The van der Waals surface area contributed by atoms with E-state index in [1.165, 1.54) is 5.38 Å². The summed E-state index contributed by atoms with van der Waals surface area (Å²) in [5.74, 6) is -0.291. The second kappa shape index (κ2) is 4.40. The van der Waals surface area contributed by atoms with E-state index in [-0.39, 0.29) is 15.7 Å². The van der Waals surface area contributed by atoms with Gasteiger partial charge in [-0.3, -0.25) is 4.79 Å². The minimum Gasteiger partial charge on any atom is -0.347 e. The summed E-state index contributed by atoms with van der Waals surface area (Å²) in [5, 5.41) is 9.33. The molecule has 1 heterocycles. The Morgan fingerprint density at radius 2 is 1.94 bits per heavy atom. The van der Waals surface area contributed by atoms with Crippen LogP contribution in [0.2, 0.25) is 0 Å². The third kappa shape index (κ3) is 3.52. The molecular formula is C10H16N2O3S2. The topological polar surface area (TPSA) is 89.3 Å². The molecule has 0 bridgehead atoms. The van der Waals surface area contributed by atoms with Gasteiger partial charge >= 0.3 is 0 Å². The van der Waals surface area contributed by atoms with Gasteiger partial charge in [0, 0.05) is 10.9 Å². The van der Waals surface area contributed by atoms with Crippen LogP contribution in [-0.2, 0) is 10.0 Å². The molecule has 96 valence electrons. The van der Waals surface area contributed by atoms with E-state index < -0.39 is 10.0 Å². The van der Waals surface area contributed by atoms with Crippen LogP contribution in [0, 0.1) is 6.92 Å². The largest absolute Gasteiger partial charge is 0.347 e. The monoisotopic (exact) mass is 276 g/mol. The van der Waals surface area contributed by atoms with E-state index >= 15 is 0 Å². The highest BCUT2D eigenvalue weighted by Crippen LogP contribution is 2.25. The Hall–Kier alpha value is -0.920. The van der Waals surface area contributed by atoms with Crippen LogP contribution in [0.4, 0.5) is 0 Å². The highest BCUT2D eigenvalue weighted by atomic mass is 32.2. The standard InChI is InChI=1S/C10H16N2O3S2/c1-6-7(8(13)12-10(2,3)4)5-16-9(6)17(11,14)15/h5H,1-4H3,(H,12,13)(H2,11,14,15). The molecule has 3 N–H and O–H groups in total. The SMILES string of the molecule is Cc1c(C(=O)NC(C)(C)C)csc1S(N)(=O)=O. The maximum atomic E-state index is 11.9. The van der Waals surface area contributed by atoms with Crippen LogP contribution >= 0.6 is 11.3 Å². The van der Waals surface area contributed by atoms with Crippen molar-refractivity contribution in [3.63, 3.8) is 0 Å². The number of nitrogens with one attached hydrogen (secondary N) is 1. The van der Waals surface area contributed by atoms with Crippen molar-refractivity contribution < 1.29 is 13.2 Å². The zero-order chi connectivity index (χ0) is 13.4. The molecule has 0 aliphatic heterocycles. The maximum absolute atomic E-state index is 11.9. The minimum atomic E-state index is -3.75. The van der Waals surface area contributed by atoms with E-state index in [4.69, 9.17) is 5.14 Å². The summed E-state index contributed by atoms with van der Waals surface area (Å²) in [5.41, 5.74) is 0.390. The summed E-state index contributed by atoms with van der Waals surface area (Å²) >= 11 is 0.964. The molecule has 7 heteroatoms. The van der Waals surface area contributed by atoms with E-state index in [0.29, 0.717) is 11.1 Å². The van der Waals surface area contributed by atoms with Crippen LogP contribution in [0.3, 0.4) is 0 Å². The number of thiophene rings is 1. The second-order valence-corrected chi connectivity index (χ2v) is 7.45. The van der Waals surface area contributed by atoms with Crippen LogP contribution in [0.15, 0.2) is 9.59 Å². The molecule has 5 nitrogen and oxygen atoms in total. The van der Waals surface area contributed by atoms with Crippen molar-refractivity contribution in [3.05, 3.63) is 16.5 Å². The number of primary sulfonamides is 1. The zero-order valence-electron chi connectivity index (χ0n) is 10.2. The Morgan fingerprint density at radius 3 is 2.29 bits per heavy atom. The lowest BCUT2D eigenvalue weighted by atomic mass is 10.1. The van der Waals surface area contributed by atoms with Crippen LogP contribution in [-0.4, -0.2) is 19.9 Å². The van der Waals surface area contributed by atoms with E-state index in [9.17, 15) is 13.2 Å². The molecule has 0 aliphatic rings. The third-order valence-corrected chi connectivity index (χ3v) is 4.67. The third-order valence-electron chi connectivity index (χ3n) is 1.99. The van der Waals surface area contributed by atoms with Crippen LogP contribution in [0.25, 0.3) is 0 Å². The summed E-state index contributed by atoms with van der Waals surface area (Å²) in [6, 6.07) is 0. The van der Waals surface area contributed by atoms with Gasteiger partial charge in [-0.25, -0.2) is 13.6 Å². The first-order chi connectivity index (χ1) is 7.52. The van der Waals surface area contributed by atoms with Crippen LogP contribution in [0.5, 0.6) is 0 Å². The lowest BCUT2D eigenvalue weighted by Gasteiger charge is -2.20. The Balaban J connectivity index is 3.11. The number of amides is 1. The fourth-order valence-corrected chi connectivity index (χ4v) is 3.32. The molecule has 1 amide bonds. The fourth-order valence-electron chi connectivity index (χ4n) is 1.31. The molecule has 0 aliphatic carbocycles. The van der Waals surface area contributed by atoms with Crippen molar-refractivity contribution in [3.8, 4) is 0 Å². The number of carbonyl (C=O) groups excluding carboxylic acids is 1. The molecule has 0 fully saturated rings. The average Bonchev–Trinajstić information content (AvgIpc) is 2.42. The smallest absolute Gasteiger partial charge is 0.252 e. The first-order valence-corrected chi connectivity index (χ1v) is 7.38. The molecule has 0 aromatic carbocycles. The van der Waals surface area contributed by atoms with Gasteiger partial charge in [0.1, 0.15) is 4.21 Å². The summed E-state index contributed by atoms with van der Waals surface area (Å²) in [6.45, 7) is 7.14. The second-order valence-electron chi connectivity index (χ2n) is 4.81. The fraction of sp³-hybridized carbons (Fsp3) is 0.500. The van der Waals surface area contributed by atoms with E-state index in [0.717, 1.165) is 11.3 Å². The number of carbonyl (C=O) groups is 1. The van der Waals surface area contributed by atoms with Gasteiger partial charge in [-0.2, -0.15) is 0 Å². The molecule has 0 radical (unpaired) electrons. The van der Waals surface area contributed by atoms with Crippen LogP contribution in [0.1, 0.15) is 36.7 Å². The first kappa shape index (κ1) is 14.1. The predicted octanol–water partition coefficient (Wildman–Crippen LogP) is 1.23. The van der Waals surface area contributed by atoms with Gasteiger partial charge in [0.25, 0.3) is 5.91 Å². The van der Waals surface area contributed by atoms with Crippen molar-refractivity contribution in [2.45, 2.75) is 37.4 Å². The molecule has 0 saturated heterocycles. The van der Waals surface area contributed by atoms with Crippen molar-refractivity contribution in [1.29, 1.82) is 0 Å². The summed E-state index contributed by atoms with van der Waals surface area (Å²) < 4.78 is 22.5. The summed E-state index contributed by atoms with van der Waals surface area (Å²) in [4.78, 5) is 11.9. The normalized spacial score (nSPS) is 12.5. The molecule has 17 heavy (non-hydrogen) atoms. The molecule has 0 unspecified atom stereocenters. The van der Waals surface area contributed by atoms with Gasteiger partial charge in [-0.1, -0.05) is 0 Å². The molecule has 1 aromatic rings. The van der Waals surface area contributed by atoms with Crippen molar-refractivity contribution in [2.75, 3.05) is 0 Å². The lowest BCUT2D eigenvalue weighted by Crippen LogP contribution is -2.40. The lowest BCUT2D eigenvalue weighted by molar-refractivity contribution is 0.0919. The van der Waals surface area contributed by atoms with Gasteiger partial charge in [0.05, 0.1) is 5.56 Å². The highest BCUT2D eigenvalue weighted by molar-refractivity contribution is 7.91. The number of nitrogens with two attached hydrogens (primary N) is 1. The summed E-state index contributed by atoms with van der Waals surface area (Å²) in [7, 11) is -3.75. The molecule has 0 atom stereocenters. The minimum absolute atomic E-state index is 0.0385. The molecular weight excluding hydrogens is 260 g/mol. The predicted molar refractivity (Wildman–Crippen MR) is 67.6 cm³/mol. The van der Waals surface area contributed by atoms with Gasteiger partial charge in [0.15, 0.2) is 0 Å². The quantitative estimate of drug-likeness (QED) is 0.851. The van der Waals surface area contributed by atoms with Gasteiger partial charge in [0.2, 0.25) is 10.0 Å². The van der Waals surface area contributed by atoms with Crippen molar-refractivity contribution >= 4 is 27.3 Å². The highest BCUT2D eigenvalue weighted by Gasteiger charge is 2.23. The van der Waals surface area contributed by atoms with Gasteiger partial charge in [-0.05, 0) is 33.3 Å². The Bertz CT molecular complexity index is 538. The molecule has 0 saturated carbocycles. The van der Waals surface area contributed by atoms with Crippen LogP contribution < -0.4 is 10.5 Å². The number of hydrogen-bond donors (Lipinski definition) is 2. The summed E-state index contributed by atoms with van der Waals surface area (Å²) in [6.07, 6.45) is 0. The van der Waals surface area contributed by atoms with Gasteiger partial charge < -0.3 is 5.32 Å². The van der Waals surface area contributed by atoms with Crippen molar-refractivity contribution in [1.82, 2.24) is 5.32 Å². The Labute approximate surface area is 105 Å². The maximum Gasteiger partial charge on any atom is 0.252 e. The number of sulfonamides is 1. The molecule has 0 spiro atoms. The van der Waals surface area contributed by atoms with Crippen molar-refractivity contribution in [2.24, 2.45) is 5.14 Å². The zero-order valence-corrected chi connectivity index (χ0v) is 11.8. The first-order valence-electron chi connectivity index (χ1n) is 4.96. The van der Waals surface area contributed by atoms with E-state index in [2.05, 4.69) is 5.32 Å². The number of hydrogen-bond acceptors (Lipinski definition) is 4. The van der Waals surface area contributed by atoms with Gasteiger partial charge in [-0.15, -0.1) is 11.3 Å². The number of rotatable bonds is 2. The average molecular weight is 276 g/mol.